The van der Waals surface area contributed by atoms with Crippen LogP contribution in [0.1, 0.15) is 38.2 Å². The third-order valence-corrected chi connectivity index (χ3v) is 8.20. The molecule has 3 fully saturated rings. The lowest BCUT2D eigenvalue weighted by molar-refractivity contribution is 0.0767. The summed E-state index contributed by atoms with van der Waals surface area (Å²) in [6, 6.07) is 3.22. The number of aromatic amines is 1. The van der Waals surface area contributed by atoms with E-state index in [1.165, 1.54) is 18.3 Å². The Bertz CT molecular complexity index is 1020. The van der Waals surface area contributed by atoms with Gasteiger partial charge in [0.2, 0.25) is 10.0 Å². The Balaban J connectivity index is 0.00000128. The number of carbonyl (C=O) groups excluding carboxylic acids is 1. The molecule has 3 saturated heterocycles. The third-order valence-electron chi connectivity index (χ3n) is 6.26. The average molecular weight is 438 g/mol. The van der Waals surface area contributed by atoms with E-state index in [0.717, 1.165) is 18.9 Å². The van der Waals surface area contributed by atoms with Crippen molar-refractivity contribution >= 4 is 15.9 Å². The average Bonchev–Trinajstić information content (AvgIpc) is 3.43. The smallest absolute Gasteiger partial charge is 0.276 e. The number of sulfonamides is 1. The predicted molar refractivity (Wildman–Crippen MR) is 108 cm³/mol. The van der Waals surface area contributed by atoms with Crippen molar-refractivity contribution in [2.75, 3.05) is 13.1 Å². The number of phenols is 2. The second kappa shape index (κ2) is 7.55. The highest BCUT2D eigenvalue weighted by molar-refractivity contribution is 7.89. The fraction of sp³-hybridized carbons (Fsp3) is 0.526. The van der Waals surface area contributed by atoms with E-state index in [9.17, 15) is 23.4 Å². The zero-order chi connectivity index (χ0) is 19.6. The van der Waals surface area contributed by atoms with E-state index >= 15 is 0 Å². The van der Waals surface area contributed by atoms with Crippen LogP contribution in [-0.2, 0) is 10.0 Å². The number of likely N-dealkylation sites (tertiary alicyclic amines) is 1. The van der Waals surface area contributed by atoms with E-state index < -0.39 is 15.8 Å². The van der Waals surface area contributed by atoms with E-state index in [-0.39, 0.29) is 61.0 Å². The Hall–Kier alpha value is -2.66. The molecule has 4 atom stereocenters. The normalized spacial score (nSPS) is 27.4. The van der Waals surface area contributed by atoms with Crippen LogP contribution < -0.4 is 0 Å². The summed E-state index contributed by atoms with van der Waals surface area (Å²) in [6.07, 6.45) is 2.89. The van der Waals surface area contributed by atoms with Gasteiger partial charge in [0.15, 0.2) is 17.2 Å². The van der Waals surface area contributed by atoms with Crippen molar-refractivity contribution in [3.8, 4) is 11.5 Å². The molecule has 1 aromatic carbocycles. The topological polar surface area (TPSA) is 140 Å². The molecular formula is C19H27N5O5S. The van der Waals surface area contributed by atoms with Gasteiger partial charge in [-0.2, -0.15) is 19.7 Å². The van der Waals surface area contributed by atoms with Gasteiger partial charge in [0, 0.05) is 31.2 Å². The Morgan fingerprint density at radius 3 is 2.23 bits per heavy atom. The Morgan fingerprint density at radius 1 is 1.07 bits per heavy atom. The van der Waals surface area contributed by atoms with Crippen LogP contribution in [-0.4, -0.2) is 74.3 Å². The minimum Gasteiger partial charge on any atom is -0.504 e. The molecule has 2 aromatic rings. The molecule has 3 aliphatic heterocycles. The molecular weight excluding hydrogens is 410 g/mol. The van der Waals surface area contributed by atoms with Gasteiger partial charge in [0.05, 0.1) is 11.1 Å². The SMILES string of the molecule is C.C.O=C(c1cn[nH]n1)N1C[C@@H]2[C@H](C1)[C@H]1CC[C@@H]2N1S(=O)(=O)c1ccc(O)c(O)c1. The number of carbonyl (C=O) groups is 1. The van der Waals surface area contributed by atoms with Gasteiger partial charge in [-0.25, -0.2) is 8.42 Å². The van der Waals surface area contributed by atoms with Crippen molar-refractivity contribution in [2.45, 2.75) is 44.7 Å². The second-order valence-corrected chi connectivity index (χ2v) is 9.43. The molecule has 0 aliphatic carbocycles. The molecule has 164 valence electrons. The monoisotopic (exact) mass is 437 g/mol. The summed E-state index contributed by atoms with van der Waals surface area (Å²) >= 11 is 0. The molecule has 11 heteroatoms. The van der Waals surface area contributed by atoms with Gasteiger partial charge >= 0.3 is 0 Å². The van der Waals surface area contributed by atoms with Gasteiger partial charge < -0.3 is 15.1 Å². The number of nitrogens with zero attached hydrogens (tertiary/aromatic N) is 4. The fourth-order valence-electron chi connectivity index (χ4n) is 5.09. The van der Waals surface area contributed by atoms with Crippen LogP contribution in [0.15, 0.2) is 29.3 Å². The summed E-state index contributed by atoms with van der Waals surface area (Å²) in [5.74, 6) is -0.856. The van der Waals surface area contributed by atoms with Crippen LogP contribution in [0.4, 0.5) is 0 Å². The first-order valence-electron chi connectivity index (χ1n) is 9.08. The number of hydrogen-bond acceptors (Lipinski definition) is 7. The van der Waals surface area contributed by atoms with Crippen LogP contribution in [0.3, 0.4) is 0 Å². The van der Waals surface area contributed by atoms with Crippen LogP contribution in [0.2, 0.25) is 0 Å². The first-order valence-corrected chi connectivity index (χ1v) is 10.5. The third kappa shape index (κ3) is 3.03. The summed E-state index contributed by atoms with van der Waals surface area (Å²) in [7, 11) is -3.81. The van der Waals surface area contributed by atoms with Gasteiger partial charge in [-0.05, 0) is 36.8 Å². The molecule has 0 unspecified atom stereocenters. The first-order chi connectivity index (χ1) is 13.4. The molecule has 0 spiro atoms. The Kier molecular flexibility index (Phi) is 5.54. The standard InChI is InChI=1S/C17H19N5O5S.2CH4/c23-15-4-1-9(5-16(15)24)28(26,27)22-13-2-3-14(22)11-8-21(7-10(11)13)17(25)12-6-18-20-19-12;;/h1,4-6,10-11,13-14,23-24H,2-3,7-8H2,(H,18,19,20);2*1H4/t10-,11+,13+,14-;;. The van der Waals surface area contributed by atoms with Crippen LogP contribution >= 0.6 is 0 Å². The number of nitrogens with one attached hydrogen (secondary N) is 1. The molecule has 3 aliphatic rings. The van der Waals surface area contributed by atoms with Crippen LogP contribution in [0.25, 0.3) is 0 Å². The van der Waals surface area contributed by atoms with Gasteiger partial charge in [-0.1, -0.05) is 14.9 Å². The number of fused-ring (bicyclic) bond motifs is 5. The molecule has 0 saturated carbocycles. The zero-order valence-corrected chi connectivity index (χ0v) is 15.6. The number of aromatic hydroxyl groups is 2. The first kappa shape index (κ1) is 22.0. The summed E-state index contributed by atoms with van der Waals surface area (Å²) in [6.45, 7) is 0.981. The molecule has 30 heavy (non-hydrogen) atoms. The zero-order valence-electron chi connectivity index (χ0n) is 14.8. The quantitative estimate of drug-likeness (QED) is 0.617. The number of hydrogen-bond donors (Lipinski definition) is 3. The van der Waals surface area contributed by atoms with Crippen molar-refractivity contribution in [1.29, 1.82) is 0 Å². The number of amides is 1. The summed E-state index contributed by atoms with van der Waals surface area (Å²) in [5, 5.41) is 29.1. The minimum atomic E-state index is -3.81. The summed E-state index contributed by atoms with van der Waals surface area (Å²) < 4.78 is 28.0. The maximum absolute atomic E-state index is 13.2. The largest absolute Gasteiger partial charge is 0.504 e. The molecule has 5 rings (SSSR count). The summed E-state index contributed by atoms with van der Waals surface area (Å²) in [4.78, 5) is 14.3. The number of aromatic nitrogens is 3. The highest BCUT2D eigenvalue weighted by Crippen LogP contribution is 2.51. The maximum Gasteiger partial charge on any atom is 0.276 e. The van der Waals surface area contributed by atoms with Crippen molar-refractivity contribution < 1.29 is 23.4 Å². The van der Waals surface area contributed by atoms with Gasteiger partial charge in [0.1, 0.15) is 0 Å². The lowest BCUT2D eigenvalue weighted by Gasteiger charge is -2.26. The Morgan fingerprint density at radius 2 is 1.70 bits per heavy atom. The van der Waals surface area contributed by atoms with Gasteiger partial charge in [-0.3, -0.25) is 4.79 Å². The van der Waals surface area contributed by atoms with E-state index in [0.29, 0.717) is 13.1 Å². The van der Waals surface area contributed by atoms with Crippen LogP contribution in [0.5, 0.6) is 11.5 Å². The van der Waals surface area contributed by atoms with Gasteiger partial charge in [0.25, 0.3) is 5.91 Å². The molecule has 1 amide bonds. The molecule has 10 nitrogen and oxygen atoms in total. The van der Waals surface area contributed by atoms with Crippen molar-refractivity contribution in [3.05, 3.63) is 30.1 Å². The molecule has 0 radical (unpaired) electrons. The highest BCUT2D eigenvalue weighted by Gasteiger charge is 2.60. The number of phenolic OH excluding ortho intramolecular Hbond substituents is 2. The maximum atomic E-state index is 13.2. The van der Waals surface area contributed by atoms with E-state index in [2.05, 4.69) is 15.4 Å². The van der Waals surface area contributed by atoms with Gasteiger partial charge in [-0.15, -0.1) is 0 Å². The summed E-state index contributed by atoms with van der Waals surface area (Å²) in [5.41, 5.74) is 0.261. The number of H-pyrrole nitrogens is 1. The number of benzene rings is 1. The predicted octanol–water partition coefficient (Wildman–Crippen LogP) is 1.41. The van der Waals surface area contributed by atoms with E-state index in [1.54, 1.807) is 9.21 Å². The second-order valence-electron chi connectivity index (χ2n) is 7.59. The van der Waals surface area contributed by atoms with E-state index in [1.807, 2.05) is 0 Å². The van der Waals surface area contributed by atoms with Crippen molar-refractivity contribution in [2.24, 2.45) is 11.8 Å². The van der Waals surface area contributed by atoms with Crippen LogP contribution in [0, 0.1) is 11.8 Å². The fourth-order valence-corrected chi connectivity index (χ4v) is 7.07. The lowest BCUT2D eigenvalue weighted by atomic mass is 9.82. The van der Waals surface area contributed by atoms with Crippen molar-refractivity contribution in [3.63, 3.8) is 0 Å². The highest BCUT2D eigenvalue weighted by atomic mass is 32.2. The minimum absolute atomic E-state index is 0. The van der Waals surface area contributed by atoms with Crippen molar-refractivity contribution in [1.82, 2.24) is 24.6 Å². The number of rotatable bonds is 3. The molecule has 4 heterocycles. The lowest BCUT2D eigenvalue weighted by Crippen LogP contribution is -2.41. The molecule has 1 aromatic heterocycles. The molecule has 2 bridgehead atoms. The van der Waals surface area contributed by atoms with E-state index in [4.69, 9.17) is 0 Å². The molecule has 3 N–H and O–H groups in total. The Labute approximate surface area is 175 Å².